The highest BCUT2D eigenvalue weighted by Crippen LogP contribution is 2.55. The molecule has 0 N–H and O–H groups in total. The minimum Gasteiger partial charge on any atom is -0.309 e. The van der Waals surface area contributed by atoms with E-state index < -0.39 is 0 Å². The van der Waals surface area contributed by atoms with E-state index >= 15 is 0 Å². The van der Waals surface area contributed by atoms with Gasteiger partial charge in [0.25, 0.3) is 0 Å². The molecule has 1 aromatic heterocycles. The topological polar surface area (TPSA) is 8.17 Å². The molecule has 0 spiro atoms. The van der Waals surface area contributed by atoms with Gasteiger partial charge in [-0.05, 0) is 117 Å². The van der Waals surface area contributed by atoms with E-state index in [0.29, 0.717) is 5.92 Å². The number of aromatic nitrogens is 1. The minimum atomic E-state index is -0.124. The second-order valence-electron chi connectivity index (χ2n) is 19.8. The van der Waals surface area contributed by atoms with Gasteiger partial charge in [0.1, 0.15) is 0 Å². The van der Waals surface area contributed by atoms with Crippen LogP contribution in [0.5, 0.6) is 0 Å². The molecule has 2 aliphatic rings. The average molecular weight is 887 g/mol. The third-order valence-corrected chi connectivity index (χ3v) is 15.6. The summed E-state index contributed by atoms with van der Waals surface area (Å²) in [5.41, 5.74) is 21.0. The Morgan fingerprint density at radius 3 is 1.74 bits per heavy atom. The van der Waals surface area contributed by atoms with E-state index in [9.17, 15) is 0 Å². The third-order valence-electron chi connectivity index (χ3n) is 15.6. The van der Waals surface area contributed by atoms with Crippen molar-refractivity contribution in [2.75, 3.05) is 4.90 Å². The maximum atomic E-state index is 2.59. The van der Waals surface area contributed by atoms with E-state index in [1.54, 1.807) is 0 Å². The zero-order valence-electron chi connectivity index (χ0n) is 39.4. The fourth-order valence-electron chi connectivity index (χ4n) is 12.4. The summed E-state index contributed by atoms with van der Waals surface area (Å²) in [4.78, 5) is 2.59. The molecule has 13 rings (SSSR count). The molecule has 1 saturated carbocycles. The van der Waals surface area contributed by atoms with E-state index in [1.165, 1.54) is 126 Å². The Labute approximate surface area is 405 Å². The SMILES string of the molecule is CC1(C)c2ccccc2-c2c(-c3ccccc3N(c3ccccc3-c3ccc4c5ccccc5n(-c5ccccc5)c4c3)c3ccccc3-c3cccc4cccc(C5CCCCC5)c34)cccc21. The van der Waals surface area contributed by atoms with E-state index in [2.05, 4.69) is 248 Å². The van der Waals surface area contributed by atoms with Crippen molar-refractivity contribution in [3.63, 3.8) is 0 Å². The highest BCUT2D eigenvalue weighted by atomic mass is 15.2. The van der Waals surface area contributed by atoms with Crippen LogP contribution in [0, 0.1) is 0 Å². The highest BCUT2D eigenvalue weighted by molar-refractivity contribution is 6.11. The van der Waals surface area contributed by atoms with E-state index in [0.717, 1.165) is 22.7 Å². The lowest BCUT2D eigenvalue weighted by atomic mass is 9.80. The predicted molar refractivity (Wildman–Crippen MR) is 293 cm³/mol. The minimum absolute atomic E-state index is 0.124. The van der Waals surface area contributed by atoms with Gasteiger partial charge in [0, 0.05) is 38.6 Å². The Kier molecular flexibility index (Phi) is 9.98. The van der Waals surface area contributed by atoms with Crippen molar-refractivity contribution in [1.82, 2.24) is 4.57 Å². The normalized spacial score (nSPS) is 14.3. The Bertz CT molecular complexity index is 3750. The zero-order chi connectivity index (χ0) is 46.1. The number of rotatable bonds is 8. The number of anilines is 3. The van der Waals surface area contributed by atoms with Gasteiger partial charge >= 0.3 is 0 Å². The summed E-state index contributed by atoms with van der Waals surface area (Å²) in [6.45, 7) is 4.76. The quantitative estimate of drug-likeness (QED) is 0.148. The van der Waals surface area contributed by atoms with Crippen LogP contribution in [0.25, 0.3) is 82.8 Å². The summed E-state index contributed by atoms with van der Waals surface area (Å²) < 4.78 is 2.43. The largest absolute Gasteiger partial charge is 0.309 e. The van der Waals surface area contributed by atoms with Crippen LogP contribution in [0.2, 0.25) is 0 Å². The number of para-hydroxylation sites is 5. The van der Waals surface area contributed by atoms with Crippen LogP contribution < -0.4 is 4.90 Å². The van der Waals surface area contributed by atoms with Crippen molar-refractivity contribution in [3.8, 4) is 50.2 Å². The number of fused-ring (bicyclic) bond motifs is 7. The van der Waals surface area contributed by atoms with Crippen molar-refractivity contribution in [1.29, 1.82) is 0 Å². The van der Waals surface area contributed by atoms with Gasteiger partial charge in [-0.25, -0.2) is 0 Å². The Balaban J connectivity index is 1.09. The molecular formula is C67H54N2. The molecule has 2 aliphatic carbocycles. The summed E-state index contributed by atoms with van der Waals surface area (Å²) in [5, 5.41) is 5.19. The molecule has 0 bridgehead atoms. The van der Waals surface area contributed by atoms with Crippen LogP contribution in [-0.2, 0) is 5.41 Å². The van der Waals surface area contributed by atoms with Crippen LogP contribution in [0.3, 0.4) is 0 Å². The fourth-order valence-corrected chi connectivity index (χ4v) is 12.4. The molecule has 69 heavy (non-hydrogen) atoms. The maximum Gasteiger partial charge on any atom is 0.0547 e. The molecule has 11 aromatic rings. The first-order valence-electron chi connectivity index (χ1n) is 25.0. The zero-order valence-corrected chi connectivity index (χ0v) is 39.4. The van der Waals surface area contributed by atoms with Gasteiger partial charge in [0.05, 0.1) is 28.1 Å². The molecule has 1 fully saturated rings. The van der Waals surface area contributed by atoms with E-state index in [4.69, 9.17) is 0 Å². The van der Waals surface area contributed by atoms with Gasteiger partial charge in [0.2, 0.25) is 0 Å². The van der Waals surface area contributed by atoms with Crippen molar-refractivity contribution < 1.29 is 0 Å². The molecule has 0 amide bonds. The second-order valence-corrected chi connectivity index (χ2v) is 19.8. The van der Waals surface area contributed by atoms with Gasteiger partial charge in [-0.15, -0.1) is 0 Å². The Morgan fingerprint density at radius 2 is 0.971 bits per heavy atom. The second kappa shape index (κ2) is 16.7. The van der Waals surface area contributed by atoms with Crippen molar-refractivity contribution in [2.45, 2.75) is 57.3 Å². The monoisotopic (exact) mass is 886 g/mol. The molecule has 0 atom stereocenters. The predicted octanol–water partition coefficient (Wildman–Crippen LogP) is 18.8. The first kappa shape index (κ1) is 41.3. The summed E-state index contributed by atoms with van der Waals surface area (Å²) in [6, 6.07) is 84.1. The van der Waals surface area contributed by atoms with Crippen LogP contribution in [0.1, 0.15) is 68.6 Å². The first-order valence-corrected chi connectivity index (χ1v) is 25.0. The van der Waals surface area contributed by atoms with Crippen LogP contribution in [0.4, 0.5) is 17.1 Å². The summed E-state index contributed by atoms with van der Waals surface area (Å²) in [7, 11) is 0. The lowest BCUT2D eigenvalue weighted by molar-refractivity contribution is 0.445. The molecule has 1 heterocycles. The van der Waals surface area contributed by atoms with Gasteiger partial charge in [-0.1, -0.05) is 215 Å². The molecule has 10 aromatic carbocycles. The standard InChI is InChI=1S/C67H54N2/c1-67(2)58-36-14-9-32-57(58)66-56(35-21-37-59(66)67)53-31-13-18-41-63(53)69(62-40-17-12-30-52(62)55-34-20-25-46-24-19-33-50(65(46)55)45-22-5-3-6-23-45)60-38-15-10-28-49(60)47-42-43-54-51-29-11-16-39-61(51)68(64(54)44-47)48-26-7-4-8-27-48/h4,7-21,24-45H,3,5-6,22-23H2,1-2H3. The first-order chi connectivity index (χ1) is 34.0. The maximum absolute atomic E-state index is 2.59. The number of hydrogen-bond acceptors (Lipinski definition) is 1. The summed E-state index contributed by atoms with van der Waals surface area (Å²) in [5.74, 6) is 0.557. The lowest BCUT2D eigenvalue weighted by Gasteiger charge is -2.32. The highest BCUT2D eigenvalue weighted by Gasteiger charge is 2.37. The van der Waals surface area contributed by atoms with Crippen LogP contribution >= 0.6 is 0 Å². The molecule has 0 aliphatic heterocycles. The molecular weight excluding hydrogens is 833 g/mol. The Hall–Kier alpha value is -7.94. The lowest BCUT2D eigenvalue weighted by Crippen LogP contribution is -2.15. The van der Waals surface area contributed by atoms with Gasteiger partial charge in [-0.2, -0.15) is 0 Å². The smallest absolute Gasteiger partial charge is 0.0547 e. The molecule has 332 valence electrons. The fraction of sp³-hybridized carbons (Fsp3) is 0.134. The number of nitrogens with zero attached hydrogens (tertiary/aromatic N) is 2. The van der Waals surface area contributed by atoms with Crippen LogP contribution in [-0.4, -0.2) is 4.57 Å². The molecule has 0 saturated heterocycles. The molecule has 2 nitrogen and oxygen atoms in total. The number of hydrogen-bond donors (Lipinski definition) is 0. The third kappa shape index (κ3) is 6.68. The average Bonchev–Trinajstić information content (AvgIpc) is 3.87. The van der Waals surface area contributed by atoms with Crippen molar-refractivity contribution >= 4 is 49.6 Å². The molecule has 2 heteroatoms. The van der Waals surface area contributed by atoms with Crippen molar-refractivity contribution in [3.05, 3.63) is 241 Å². The summed E-state index contributed by atoms with van der Waals surface area (Å²) in [6.07, 6.45) is 6.42. The molecule has 0 unspecified atom stereocenters. The van der Waals surface area contributed by atoms with Crippen molar-refractivity contribution in [2.24, 2.45) is 0 Å². The number of benzene rings is 10. The van der Waals surface area contributed by atoms with E-state index in [-0.39, 0.29) is 5.41 Å². The summed E-state index contributed by atoms with van der Waals surface area (Å²) >= 11 is 0. The van der Waals surface area contributed by atoms with E-state index in [1.807, 2.05) is 0 Å². The van der Waals surface area contributed by atoms with Gasteiger partial charge in [0.15, 0.2) is 0 Å². The Morgan fingerprint density at radius 1 is 0.420 bits per heavy atom. The van der Waals surface area contributed by atoms with Gasteiger partial charge in [-0.3, -0.25) is 0 Å². The van der Waals surface area contributed by atoms with Crippen LogP contribution in [0.15, 0.2) is 224 Å². The molecule has 0 radical (unpaired) electrons. The van der Waals surface area contributed by atoms with Gasteiger partial charge < -0.3 is 9.47 Å².